The zero-order chi connectivity index (χ0) is 15.1. The van der Waals surface area contributed by atoms with Gasteiger partial charge in [-0.2, -0.15) is 0 Å². The van der Waals surface area contributed by atoms with Crippen LogP contribution in [0.5, 0.6) is 0 Å². The minimum Gasteiger partial charge on any atom is -0.393 e. The summed E-state index contributed by atoms with van der Waals surface area (Å²) in [6, 6.07) is 8.95. The van der Waals surface area contributed by atoms with Gasteiger partial charge in [0, 0.05) is 42.9 Å². The molecule has 3 atom stereocenters. The van der Waals surface area contributed by atoms with Gasteiger partial charge in [0.15, 0.2) is 0 Å². The van der Waals surface area contributed by atoms with Gasteiger partial charge >= 0.3 is 0 Å². The number of fused-ring (bicyclic) bond motifs is 1. The fourth-order valence-corrected chi connectivity index (χ4v) is 4.95. The first kappa shape index (κ1) is 14.8. The van der Waals surface area contributed by atoms with Crippen LogP contribution < -0.4 is 4.90 Å². The molecule has 0 radical (unpaired) electrons. The molecule has 4 heteroatoms. The van der Waals surface area contributed by atoms with E-state index in [9.17, 15) is 5.11 Å². The van der Waals surface area contributed by atoms with Crippen LogP contribution in [0.2, 0.25) is 5.02 Å². The Bertz CT molecular complexity index is 516. The van der Waals surface area contributed by atoms with Crippen molar-refractivity contribution >= 4 is 17.3 Å². The Morgan fingerprint density at radius 2 is 1.73 bits per heavy atom. The van der Waals surface area contributed by atoms with Crippen molar-refractivity contribution in [3.05, 3.63) is 29.3 Å². The fraction of sp³-hybridized carbons (Fsp3) is 0.667. The van der Waals surface area contributed by atoms with Gasteiger partial charge in [0.1, 0.15) is 0 Å². The lowest BCUT2D eigenvalue weighted by Gasteiger charge is -2.38. The molecule has 1 aromatic rings. The number of halogens is 1. The second-order valence-corrected chi connectivity index (χ2v) is 7.73. The van der Waals surface area contributed by atoms with Crippen LogP contribution >= 0.6 is 11.6 Å². The molecule has 0 bridgehead atoms. The monoisotopic (exact) mass is 320 g/mol. The molecule has 1 aliphatic carbocycles. The predicted octanol–water partition coefficient (Wildman–Crippen LogP) is 3.01. The van der Waals surface area contributed by atoms with E-state index in [1.165, 1.54) is 31.6 Å². The number of hydrogen-bond acceptors (Lipinski definition) is 3. The number of benzene rings is 1. The van der Waals surface area contributed by atoms with Gasteiger partial charge in [-0.25, -0.2) is 0 Å². The summed E-state index contributed by atoms with van der Waals surface area (Å²) in [4.78, 5) is 5.17. The summed E-state index contributed by atoms with van der Waals surface area (Å²) in [5, 5.41) is 10.6. The SMILES string of the molecule is OC1C[C@@H]2CN(C3CCN(c4cccc(Cl)c4)CC3)C[C@@H]2C1. The highest BCUT2D eigenvalue weighted by Crippen LogP contribution is 2.40. The maximum atomic E-state index is 9.78. The van der Waals surface area contributed by atoms with Crippen molar-refractivity contribution in [1.29, 1.82) is 0 Å². The van der Waals surface area contributed by atoms with Crippen LogP contribution in [0.4, 0.5) is 5.69 Å². The molecule has 2 heterocycles. The molecule has 2 aliphatic heterocycles. The zero-order valence-corrected chi connectivity index (χ0v) is 13.8. The highest BCUT2D eigenvalue weighted by molar-refractivity contribution is 6.30. The molecule has 3 aliphatic rings. The highest BCUT2D eigenvalue weighted by atomic mass is 35.5. The Morgan fingerprint density at radius 3 is 2.36 bits per heavy atom. The molecule has 22 heavy (non-hydrogen) atoms. The minimum atomic E-state index is -0.0261. The number of nitrogens with zero attached hydrogens (tertiary/aromatic N) is 2. The average Bonchev–Trinajstić information content (AvgIpc) is 3.05. The van der Waals surface area contributed by atoms with Crippen molar-refractivity contribution in [2.24, 2.45) is 11.8 Å². The van der Waals surface area contributed by atoms with E-state index in [2.05, 4.69) is 21.9 Å². The molecule has 1 N–H and O–H groups in total. The minimum absolute atomic E-state index is 0.0261. The molecule has 0 spiro atoms. The van der Waals surface area contributed by atoms with Crippen LogP contribution in [0, 0.1) is 11.8 Å². The van der Waals surface area contributed by atoms with Gasteiger partial charge in [-0.3, -0.25) is 4.90 Å². The standard InChI is InChI=1S/C18H25ClN2O/c19-15-2-1-3-17(10-15)20-6-4-16(5-7-20)21-11-13-8-18(22)9-14(13)12-21/h1-3,10,13-14,16,18,22H,4-9,11-12H2/t13-,14+,18?. The number of anilines is 1. The molecule has 0 amide bonds. The summed E-state index contributed by atoms with van der Waals surface area (Å²) >= 11 is 6.11. The van der Waals surface area contributed by atoms with Crippen LogP contribution in [-0.2, 0) is 0 Å². The van der Waals surface area contributed by atoms with Gasteiger partial charge in [-0.05, 0) is 55.7 Å². The van der Waals surface area contributed by atoms with E-state index in [0.29, 0.717) is 0 Å². The Labute approximate surface area is 137 Å². The van der Waals surface area contributed by atoms with Gasteiger partial charge in [0.2, 0.25) is 0 Å². The molecular weight excluding hydrogens is 296 g/mol. The van der Waals surface area contributed by atoms with Crippen molar-refractivity contribution in [3.8, 4) is 0 Å². The molecule has 2 saturated heterocycles. The number of rotatable bonds is 2. The third-order valence-electron chi connectivity index (χ3n) is 5.91. The Hall–Kier alpha value is -0.770. The second kappa shape index (κ2) is 6.03. The summed E-state index contributed by atoms with van der Waals surface area (Å²) in [5.74, 6) is 1.50. The van der Waals surface area contributed by atoms with Crippen LogP contribution in [0.15, 0.2) is 24.3 Å². The molecule has 120 valence electrons. The molecule has 4 rings (SSSR count). The number of hydrogen-bond donors (Lipinski definition) is 1. The molecule has 1 saturated carbocycles. The first-order valence-corrected chi connectivity index (χ1v) is 8.99. The third kappa shape index (κ3) is 2.86. The van der Waals surface area contributed by atoms with Crippen LogP contribution in [-0.4, -0.2) is 48.3 Å². The van der Waals surface area contributed by atoms with E-state index in [1.54, 1.807) is 0 Å². The average molecular weight is 321 g/mol. The Morgan fingerprint density at radius 1 is 1.05 bits per heavy atom. The van der Waals surface area contributed by atoms with E-state index in [1.807, 2.05) is 12.1 Å². The number of likely N-dealkylation sites (tertiary alicyclic amines) is 1. The van der Waals surface area contributed by atoms with Gasteiger partial charge in [0.05, 0.1) is 6.10 Å². The van der Waals surface area contributed by atoms with Gasteiger partial charge in [0.25, 0.3) is 0 Å². The van der Waals surface area contributed by atoms with E-state index < -0.39 is 0 Å². The second-order valence-electron chi connectivity index (χ2n) is 7.30. The lowest BCUT2D eigenvalue weighted by molar-refractivity contribution is 0.144. The van der Waals surface area contributed by atoms with Crippen LogP contribution in [0.25, 0.3) is 0 Å². The summed E-state index contributed by atoms with van der Waals surface area (Å²) in [6.45, 7) is 4.67. The van der Waals surface area contributed by atoms with E-state index in [0.717, 1.165) is 48.8 Å². The topological polar surface area (TPSA) is 26.7 Å². The Kier molecular flexibility index (Phi) is 4.05. The van der Waals surface area contributed by atoms with Crippen molar-refractivity contribution in [2.45, 2.75) is 37.8 Å². The van der Waals surface area contributed by atoms with Crippen molar-refractivity contribution in [2.75, 3.05) is 31.1 Å². The first-order chi connectivity index (χ1) is 10.7. The highest BCUT2D eigenvalue weighted by Gasteiger charge is 2.42. The largest absolute Gasteiger partial charge is 0.393 e. The van der Waals surface area contributed by atoms with Crippen molar-refractivity contribution in [1.82, 2.24) is 4.90 Å². The molecular formula is C18H25ClN2O. The smallest absolute Gasteiger partial charge is 0.0546 e. The summed E-state index contributed by atoms with van der Waals surface area (Å²) in [5.41, 5.74) is 1.26. The van der Waals surface area contributed by atoms with E-state index in [-0.39, 0.29) is 6.10 Å². The molecule has 0 aromatic heterocycles. The van der Waals surface area contributed by atoms with Crippen molar-refractivity contribution in [3.63, 3.8) is 0 Å². The third-order valence-corrected chi connectivity index (χ3v) is 6.14. The lowest BCUT2D eigenvalue weighted by atomic mass is 10.0. The summed E-state index contributed by atoms with van der Waals surface area (Å²) < 4.78 is 0. The van der Waals surface area contributed by atoms with Crippen molar-refractivity contribution < 1.29 is 5.11 Å². The fourth-order valence-electron chi connectivity index (χ4n) is 4.76. The first-order valence-electron chi connectivity index (χ1n) is 8.61. The lowest BCUT2D eigenvalue weighted by Crippen LogP contribution is -2.44. The summed E-state index contributed by atoms with van der Waals surface area (Å²) in [7, 11) is 0. The molecule has 3 fully saturated rings. The van der Waals surface area contributed by atoms with E-state index in [4.69, 9.17) is 11.6 Å². The Balaban J connectivity index is 1.33. The maximum Gasteiger partial charge on any atom is 0.0546 e. The number of piperidine rings is 1. The predicted molar refractivity (Wildman–Crippen MR) is 90.5 cm³/mol. The number of aliphatic hydroxyl groups excluding tert-OH is 1. The van der Waals surface area contributed by atoms with Gasteiger partial charge in [-0.15, -0.1) is 0 Å². The quantitative estimate of drug-likeness (QED) is 0.907. The zero-order valence-electron chi connectivity index (χ0n) is 13.0. The molecule has 1 unspecified atom stereocenters. The maximum absolute atomic E-state index is 9.78. The number of aliphatic hydroxyl groups is 1. The van der Waals surface area contributed by atoms with Gasteiger partial charge < -0.3 is 10.0 Å². The molecule has 1 aromatic carbocycles. The van der Waals surface area contributed by atoms with Crippen LogP contribution in [0.3, 0.4) is 0 Å². The summed E-state index contributed by atoms with van der Waals surface area (Å²) in [6.07, 6.45) is 4.52. The normalized spacial score (nSPS) is 33.4. The van der Waals surface area contributed by atoms with Gasteiger partial charge in [-0.1, -0.05) is 17.7 Å². The molecule has 3 nitrogen and oxygen atoms in total. The van der Waals surface area contributed by atoms with E-state index >= 15 is 0 Å². The van der Waals surface area contributed by atoms with Crippen LogP contribution in [0.1, 0.15) is 25.7 Å².